The number of nitro groups is 1. The molecular weight excluding hydrogens is 455 g/mol. The van der Waals surface area contributed by atoms with Crippen LogP contribution in [-0.2, 0) is 17.4 Å². The summed E-state index contributed by atoms with van der Waals surface area (Å²) in [5.41, 5.74) is -0.549. The van der Waals surface area contributed by atoms with Gasteiger partial charge in [0, 0.05) is 31.6 Å². The lowest BCUT2D eigenvalue weighted by Gasteiger charge is -2.32. The fraction of sp³-hybridized carbons (Fsp3) is 0.435. The van der Waals surface area contributed by atoms with Crippen LogP contribution in [0.3, 0.4) is 0 Å². The molecule has 8 nitrogen and oxygen atoms in total. The van der Waals surface area contributed by atoms with Gasteiger partial charge in [0.25, 0.3) is 5.69 Å². The van der Waals surface area contributed by atoms with E-state index in [9.17, 15) is 28.1 Å². The molecule has 1 amide bonds. The third-order valence-corrected chi connectivity index (χ3v) is 5.87. The summed E-state index contributed by atoms with van der Waals surface area (Å²) >= 11 is 0. The van der Waals surface area contributed by atoms with Crippen molar-refractivity contribution in [3.63, 3.8) is 0 Å². The molecule has 0 atom stereocenters. The highest BCUT2D eigenvalue weighted by Gasteiger charge is 2.34. The van der Waals surface area contributed by atoms with Gasteiger partial charge < -0.3 is 19.7 Å². The molecule has 0 saturated carbocycles. The lowest BCUT2D eigenvalue weighted by atomic mass is 9.95. The molecule has 1 saturated heterocycles. The van der Waals surface area contributed by atoms with E-state index in [0.29, 0.717) is 56.5 Å². The lowest BCUT2D eigenvalue weighted by Crippen LogP contribution is -2.41. The SMILES string of the molecule is COc1ccc(CCNC(=O)C2CCN(c3ccc(C(F)(F)F)cc3[N+](=O)[O-])CC2)cc1OC. The molecule has 0 unspecified atom stereocenters. The van der Waals surface area contributed by atoms with E-state index in [2.05, 4.69) is 5.32 Å². The number of carbonyl (C=O) groups excluding carboxylic acids is 1. The van der Waals surface area contributed by atoms with Gasteiger partial charge in [-0.1, -0.05) is 6.07 Å². The van der Waals surface area contributed by atoms with E-state index in [1.165, 1.54) is 0 Å². The minimum absolute atomic E-state index is 0.109. The molecule has 2 aromatic carbocycles. The predicted octanol–water partition coefficient (Wildman–Crippen LogP) is 4.21. The fourth-order valence-corrected chi connectivity index (χ4v) is 4.01. The maximum absolute atomic E-state index is 12.9. The zero-order valence-electron chi connectivity index (χ0n) is 18.9. The molecule has 1 heterocycles. The average Bonchev–Trinajstić information content (AvgIpc) is 2.83. The molecule has 0 radical (unpaired) electrons. The zero-order chi connectivity index (χ0) is 24.9. The molecule has 2 aromatic rings. The molecule has 34 heavy (non-hydrogen) atoms. The summed E-state index contributed by atoms with van der Waals surface area (Å²) in [5, 5.41) is 14.3. The summed E-state index contributed by atoms with van der Waals surface area (Å²) in [5.74, 6) is 0.851. The van der Waals surface area contributed by atoms with Gasteiger partial charge in [0.05, 0.1) is 24.7 Å². The minimum atomic E-state index is -4.66. The predicted molar refractivity (Wildman–Crippen MR) is 119 cm³/mol. The number of methoxy groups -OCH3 is 2. The van der Waals surface area contributed by atoms with Crippen molar-refractivity contribution in [3.05, 3.63) is 57.6 Å². The van der Waals surface area contributed by atoms with Crippen LogP contribution in [0.2, 0.25) is 0 Å². The first kappa shape index (κ1) is 25.1. The Balaban J connectivity index is 1.55. The van der Waals surface area contributed by atoms with E-state index in [-0.39, 0.29) is 17.5 Å². The first-order chi connectivity index (χ1) is 16.1. The standard InChI is InChI=1S/C23H26F3N3O5/c1-33-20-6-3-15(13-21(20)34-2)7-10-27-22(30)16-8-11-28(12-9-16)18-5-4-17(23(24,25)26)14-19(18)29(31)32/h3-6,13-14,16H,7-12H2,1-2H3,(H,27,30). The molecule has 11 heteroatoms. The quantitative estimate of drug-likeness (QED) is 0.449. The average molecular weight is 481 g/mol. The van der Waals surface area contributed by atoms with Gasteiger partial charge in [-0.3, -0.25) is 14.9 Å². The van der Waals surface area contributed by atoms with E-state index in [1.54, 1.807) is 25.2 Å². The second-order valence-electron chi connectivity index (χ2n) is 7.95. The van der Waals surface area contributed by atoms with Crippen molar-refractivity contribution in [3.8, 4) is 11.5 Å². The number of nitrogens with zero attached hydrogens (tertiary/aromatic N) is 2. The van der Waals surface area contributed by atoms with E-state index in [0.717, 1.165) is 17.7 Å². The van der Waals surface area contributed by atoms with Crippen molar-refractivity contribution < 1.29 is 32.4 Å². The van der Waals surface area contributed by atoms with Gasteiger partial charge in [0.1, 0.15) is 5.69 Å². The van der Waals surface area contributed by atoms with Crippen molar-refractivity contribution >= 4 is 17.3 Å². The number of carbonyl (C=O) groups is 1. The topological polar surface area (TPSA) is 93.9 Å². The van der Waals surface area contributed by atoms with Crippen LogP contribution < -0.4 is 19.7 Å². The van der Waals surface area contributed by atoms with Crippen LogP contribution in [0.15, 0.2) is 36.4 Å². The van der Waals surface area contributed by atoms with Gasteiger partial charge in [-0.2, -0.15) is 13.2 Å². The summed E-state index contributed by atoms with van der Waals surface area (Å²) in [6.45, 7) is 1.10. The minimum Gasteiger partial charge on any atom is -0.493 e. The van der Waals surface area contributed by atoms with Gasteiger partial charge >= 0.3 is 6.18 Å². The smallest absolute Gasteiger partial charge is 0.416 e. The van der Waals surface area contributed by atoms with Gasteiger partial charge in [-0.15, -0.1) is 0 Å². The zero-order valence-corrected chi connectivity index (χ0v) is 18.9. The first-order valence-corrected chi connectivity index (χ1v) is 10.7. The number of hydrogen-bond acceptors (Lipinski definition) is 6. The van der Waals surface area contributed by atoms with Crippen LogP contribution in [0, 0.1) is 16.0 Å². The summed E-state index contributed by atoms with van der Waals surface area (Å²) < 4.78 is 49.3. The summed E-state index contributed by atoms with van der Waals surface area (Å²) in [4.78, 5) is 24.8. The first-order valence-electron chi connectivity index (χ1n) is 10.7. The molecule has 0 bridgehead atoms. The number of nitro benzene ring substituents is 1. The molecule has 1 N–H and O–H groups in total. The van der Waals surface area contributed by atoms with Crippen LogP contribution in [0.1, 0.15) is 24.0 Å². The molecule has 0 aromatic heterocycles. The fourth-order valence-electron chi connectivity index (χ4n) is 4.01. The molecule has 1 aliphatic rings. The van der Waals surface area contributed by atoms with E-state index in [1.807, 2.05) is 12.1 Å². The Morgan fingerprint density at radius 2 is 1.79 bits per heavy atom. The summed E-state index contributed by atoms with van der Waals surface area (Å²) in [7, 11) is 3.11. The Morgan fingerprint density at radius 3 is 2.38 bits per heavy atom. The summed E-state index contributed by atoms with van der Waals surface area (Å²) in [6, 6.07) is 8.07. The molecule has 1 aliphatic heterocycles. The molecule has 0 aliphatic carbocycles. The largest absolute Gasteiger partial charge is 0.493 e. The Labute approximate surface area is 194 Å². The third kappa shape index (κ3) is 5.89. The number of nitrogens with one attached hydrogen (secondary N) is 1. The van der Waals surface area contributed by atoms with Crippen LogP contribution in [-0.4, -0.2) is 44.7 Å². The maximum atomic E-state index is 12.9. The number of halogens is 3. The summed E-state index contributed by atoms with van der Waals surface area (Å²) in [6.07, 6.45) is -3.17. The second kappa shape index (κ2) is 10.6. The van der Waals surface area contributed by atoms with E-state index < -0.39 is 22.4 Å². The van der Waals surface area contributed by atoms with Crippen LogP contribution in [0.25, 0.3) is 0 Å². The highest BCUT2D eigenvalue weighted by atomic mass is 19.4. The Kier molecular flexibility index (Phi) is 7.85. The van der Waals surface area contributed by atoms with Crippen LogP contribution >= 0.6 is 0 Å². The monoisotopic (exact) mass is 481 g/mol. The molecule has 184 valence electrons. The number of ether oxygens (including phenoxy) is 2. The highest BCUT2D eigenvalue weighted by Crippen LogP contribution is 2.37. The lowest BCUT2D eigenvalue weighted by molar-refractivity contribution is -0.384. The number of piperidine rings is 1. The Morgan fingerprint density at radius 1 is 1.12 bits per heavy atom. The Bertz CT molecular complexity index is 1040. The van der Waals surface area contributed by atoms with Crippen molar-refractivity contribution in [2.75, 3.05) is 38.8 Å². The van der Waals surface area contributed by atoms with Crippen molar-refractivity contribution in [2.45, 2.75) is 25.4 Å². The van der Waals surface area contributed by atoms with Gasteiger partial charge in [0.15, 0.2) is 11.5 Å². The van der Waals surface area contributed by atoms with Gasteiger partial charge in [-0.05, 0) is 49.1 Å². The highest BCUT2D eigenvalue weighted by molar-refractivity contribution is 5.79. The normalized spacial score (nSPS) is 14.6. The third-order valence-electron chi connectivity index (χ3n) is 5.87. The molecular formula is C23H26F3N3O5. The number of hydrogen-bond donors (Lipinski definition) is 1. The van der Waals surface area contributed by atoms with Crippen molar-refractivity contribution in [1.29, 1.82) is 0 Å². The number of rotatable bonds is 8. The second-order valence-corrected chi connectivity index (χ2v) is 7.95. The van der Waals surface area contributed by atoms with Crippen molar-refractivity contribution in [1.82, 2.24) is 5.32 Å². The van der Waals surface area contributed by atoms with Crippen LogP contribution in [0.4, 0.5) is 24.5 Å². The number of amides is 1. The molecule has 3 rings (SSSR count). The molecule has 0 spiro atoms. The van der Waals surface area contributed by atoms with Crippen LogP contribution in [0.5, 0.6) is 11.5 Å². The molecule has 1 fully saturated rings. The number of anilines is 1. The maximum Gasteiger partial charge on any atom is 0.416 e. The van der Waals surface area contributed by atoms with Gasteiger partial charge in [0.2, 0.25) is 5.91 Å². The number of alkyl halides is 3. The number of benzene rings is 2. The Hall–Kier alpha value is -3.50. The van der Waals surface area contributed by atoms with E-state index in [4.69, 9.17) is 9.47 Å². The van der Waals surface area contributed by atoms with Crippen molar-refractivity contribution in [2.24, 2.45) is 5.92 Å². The van der Waals surface area contributed by atoms with E-state index >= 15 is 0 Å². The van der Waals surface area contributed by atoms with Gasteiger partial charge in [-0.25, -0.2) is 0 Å².